The smallest absolute Gasteiger partial charge is 0.356 e. The van der Waals surface area contributed by atoms with E-state index in [9.17, 15) is 14.7 Å². The van der Waals surface area contributed by atoms with E-state index in [2.05, 4.69) is 30.8 Å². The summed E-state index contributed by atoms with van der Waals surface area (Å²) in [5.41, 5.74) is 2.56. The minimum Gasteiger partial charge on any atom is -0.476 e. The number of aryl methyl sites for hydroxylation is 1. The van der Waals surface area contributed by atoms with Crippen molar-refractivity contribution in [3.63, 3.8) is 0 Å². The maximum absolute atomic E-state index is 13.0. The number of piperidine rings is 1. The molecule has 8 heteroatoms. The normalized spacial score (nSPS) is 17.3. The maximum atomic E-state index is 13.0. The first-order valence-electron chi connectivity index (χ1n) is 12.0. The number of carbonyl (C=O) groups excluding carboxylic acids is 1. The van der Waals surface area contributed by atoms with Crippen LogP contribution < -0.4 is 4.90 Å². The second kappa shape index (κ2) is 9.56. The molecule has 0 amide bonds. The van der Waals surface area contributed by atoms with Gasteiger partial charge < -0.3 is 19.5 Å². The van der Waals surface area contributed by atoms with Crippen molar-refractivity contribution in [3.05, 3.63) is 29.1 Å². The quantitative estimate of drug-likeness (QED) is 0.564. The summed E-state index contributed by atoms with van der Waals surface area (Å²) in [6.45, 7) is 16.0. The van der Waals surface area contributed by atoms with Crippen LogP contribution in [0.4, 0.5) is 5.69 Å². The monoisotopic (exact) mass is 473 g/mol. The molecule has 1 saturated heterocycles. The molecule has 1 aliphatic rings. The van der Waals surface area contributed by atoms with Crippen molar-refractivity contribution in [2.75, 3.05) is 25.1 Å². The molecule has 1 aliphatic heterocycles. The largest absolute Gasteiger partial charge is 0.476 e. The summed E-state index contributed by atoms with van der Waals surface area (Å²) in [6, 6.07) is 1.58. The molecule has 2 aromatic heterocycles. The van der Waals surface area contributed by atoms with Crippen LogP contribution >= 0.6 is 0 Å². The van der Waals surface area contributed by atoms with Gasteiger partial charge in [-0.25, -0.2) is 14.1 Å². The fourth-order valence-corrected chi connectivity index (χ4v) is 5.16. The topological polar surface area (TPSA) is 93.4 Å². The molecule has 0 aromatic carbocycles. The van der Waals surface area contributed by atoms with Crippen LogP contribution in [0.15, 0.2) is 12.3 Å². The molecule has 188 valence electrons. The number of aromatic carboxylic acids is 1. The molecule has 2 aromatic rings. The van der Waals surface area contributed by atoms with Gasteiger partial charge in [-0.05, 0) is 63.9 Å². The van der Waals surface area contributed by atoms with Crippen molar-refractivity contribution in [2.24, 2.45) is 11.3 Å². The van der Waals surface area contributed by atoms with Crippen LogP contribution in [0.5, 0.6) is 0 Å². The minimum atomic E-state index is -1.09. The van der Waals surface area contributed by atoms with Crippen LogP contribution in [0.2, 0.25) is 0 Å². The molecule has 1 atom stereocenters. The number of rotatable bonds is 7. The van der Waals surface area contributed by atoms with Gasteiger partial charge >= 0.3 is 11.9 Å². The number of nitrogens with zero attached hydrogens (tertiary/aromatic N) is 3. The van der Waals surface area contributed by atoms with E-state index in [0.29, 0.717) is 17.0 Å². The number of pyridine rings is 1. The lowest BCUT2D eigenvalue weighted by atomic mass is 9.74. The van der Waals surface area contributed by atoms with E-state index < -0.39 is 23.6 Å². The van der Waals surface area contributed by atoms with E-state index in [1.54, 1.807) is 16.8 Å². The molecule has 1 unspecified atom stereocenters. The maximum Gasteiger partial charge on any atom is 0.356 e. The number of fused-ring (bicyclic) bond motifs is 1. The summed E-state index contributed by atoms with van der Waals surface area (Å²) >= 11 is 0. The van der Waals surface area contributed by atoms with E-state index in [1.807, 2.05) is 27.7 Å². The highest BCUT2D eigenvalue weighted by molar-refractivity contribution is 5.91. The Hall–Kier alpha value is -2.61. The fraction of sp³-hybridized carbons (Fsp3) is 0.654. The lowest BCUT2D eigenvalue weighted by molar-refractivity contribution is -0.164. The number of anilines is 1. The third-order valence-corrected chi connectivity index (χ3v) is 6.53. The Balaban J connectivity index is 2.18. The highest BCUT2D eigenvalue weighted by Crippen LogP contribution is 2.43. The predicted molar refractivity (Wildman–Crippen MR) is 131 cm³/mol. The Labute approximate surface area is 202 Å². The van der Waals surface area contributed by atoms with Crippen molar-refractivity contribution < 1.29 is 24.2 Å². The van der Waals surface area contributed by atoms with Crippen LogP contribution in [-0.2, 0) is 14.3 Å². The van der Waals surface area contributed by atoms with Gasteiger partial charge in [0.2, 0.25) is 0 Å². The summed E-state index contributed by atoms with van der Waals surface area (Å²) in [7, 11) is 1.36. The molecule has 0 aliphatic carbocycles. The van der Waals surface area contributed by atoms with E-state index in [-0.39, 0.29) is 11.1 Å². The number of esters is 1. The zero-order chi connectivity index (χ0) is 25.4. The van der Waals surface area contributed by atoms with Gasteiger partial charge in [0.05, 0.1) is 23.9 Å². The van der Waals surface area contributed by atoms with E-state index >= 15 is 0 Å². The summed E-state index contributed by atoms with van der Waals surface area (Å²) in [5.74, 6) is -0.953. The standard InChI is InChI=1S/C26H39N3O5/c1-16(2)14-26(7)9-11-28(12-10-26)21-19-13-18(23(30)31)27-29(19)15-17(3)20(21)22(24(32)33-8)34-25(4,5)6/h13,15-16,22H,9-12,14H2,1-8H3,(H,30,31). The van der Waals surface area contributed by atoms with E-state index in [0.717, 1.165) is 43.6 Å². The van der Waals surface area contributed by atoms with Crippen LogP contribution in [0.1, 0.15) is 88.5 Å². The molecule has 8 nitrogen and oxygen atoms in total. The number of hydrogen-bond acceptors (Lipinski definition) is 6. The Kier molecular flexibility index (Phi) is 7.31. The van der Waals surface area contributed by atoms with Crippen molar-refractivity contribution in [3.8, 4) is 0 Å². The van der Waals surface area contributed by atoms with Gasteiger partial charge in [-0.2, -0.15) is 5.10 Å². The predicted octanol–water partition coefficient (Wildman–Crippen LogP) is 5.02. The molecule has 34 heavy (non-hydrogen) atoms. The number of aromatic nitrogens is 2. The summed E-state index contributed by atoms with van der Waals surface area (Å²) < 4.78 is 13.0. The number of carboxylic acids is 1. The first-order chi connectivity index (χ1) is 15.7. The van der Waals surface area contributed by atoms with Gasteiger partial charge in [-0.1, -0.05) is 20.8 Å². The van der Waals surface area contributed by atoms with Crippen molar-refractivity contribution in [1.82, 2.24) is 9.61 Å². The first-order valence-corrected chi connectivity index (χ1v) is 12.0. The average molecular weight is 474 g/mol. The summed E-state index contributed by atoms with van der Waals surface area (Å²) in [4.78, 5) is 26.9. The van der Waals surface area contributed by atoms with Crippen LogP contribution in [0.3, 0.4) is 0 Å². The van der Waals surface area contributed by atoms with Crippen molar-refractivity contribution in [2.45, 2.75) is 79.4 Å². The highest BCUT2D eigenvalue weighted by Gasteiger charge is 2.37. The average Bonchev–Trinajstić information content (AvgIpc) is 3.14. The number of carbonyl (C=O) groups is 2. The summed E-state index contributed by atoms with van der Waals surface area (Å²) in [6.07, 6.45) is 3.98. The molecule has 0 spiro atoms. The SMILES string of the molecule is COC(=O)C(OC(C)(C)C)c1c(C)cn2nc(C(=O)O)cc2c1N1CCC(C)(CC(C)C)CC1. The minimum absolute atomic E-state index is 0.0363. The molecule has 0 bridgehead atoms. The molecule has 1 fully saturated rings. The lowest BCUT2D eigenvalue weighted by Crippen LogP contribution is -2.40. The van der Waals surface area contributed by atoms with Gasteiger partial charge in [0.25, 0.3) is 0 Å². The van der Waals surface area contributed by atoms with Crippen LogP contribution in [0.25, 0.3) is 5.52 Å². The molecule has 0 radical (unpaired) electrons. The third kappa shape index (κ3) is 5.54. The number of carboxylic acid groups (broad SMARTS) is 1. The van der Waals surface area contributed by atoms with Crippen LogP contribution in [-0.4, -0.2) is 52.5 Å². The van der Waals surface area contributed by atoms with Crippen molar-refractivity contribution >= 4 is 23.1 Å². The van der Waals surface area contributed by atoms with Gasteiger partial charge in [0, 0.05) is 30.9 Å². The highest BCUT2D eigenvalue weighted by atomic mass is 16.6. The number of hydrogen-bond donors (Lipinski definition) is 1. The first kappa shape index (κ1) is 26.0. The number of ether oxygens (including phenoxy) is 2. The fourth-order valence-electron chi connectivity index (χ4n) is 5.16. The molecule has 3 heterocycles. The van der Waals surface area contributed by atoms with Gasteiger partial charge in [-0.15, -0.1) is 0 Å². The second-order valence-corrected chi connectivity index (χ2v) is 11.3. The summed E-state index contributed by atoms with van der Waals surface area (Å²) in [5, 5.41) is 13.8. The zero-order valence-electron chi connectivity index (χ0n) is 21.8. The Bertz CT molecular complexity index is 1060. The molecular formula is C26H39N3O5. The molecule has 0 saturated carbocycles. The van der Waals surface area contributed by atoms with Crippen molar-refractivity contribution in [1.29, 1.82) is 0 Å². The Morgan fingerprint density at radius 3 is 2.35 bits per heavy atom. The van der Waals surface area contributed by atoms with Gasteiger partial charge in [-0.3, -0.25) is 0 Å². The third-order valence-electron chi connectivity index (χ3n) is 6.53. The van der Waals surface area contributed by atoms with Crippen LogP contribution in [0, 0.1) is 18.3 Å². The van der Waals surface area contributed by atoms with Gasteiger partial charge in [0.15, 0.2) is 11.8 Å². The zero-order valence-corrected chi connectivity index (χ0v) is 21.8. The lowest BCUT2D eigenvalue weighted by Gasteiger charge is -2.43. The Morgan fingerprint density at radius 2 is 1.85 bits per heavy atom. The number of methoxy groups -OCH3 is 1. The van der Waals surface area contributed by atoms with E-state index in [4.69, 9.17) is 9.47 Å². The molecular weight excluding hydrogens is 434 g/mol. The Morgan fingerprint density at radius 1 is 1.24 bits per heavy atom. The second-order valence-electron chi connectivity index (χ2n) is 11.3. The molecule has 3 rings (SSSR count). The van der Waals surface area contributed by atoms with E-state index in [1.165, 1.54) is 7.11 Å². The molecule has 1 N–H and O–H groups in total. The van der Waals surface area contributed by atoms with Gasteiger partial charge in [0.1, 0.15) is 0 Å².